The molecule has 1 aromatic carbocycles. The van der Waals surface area contributed by atoms with Crippen LogP contribution in [0.3, 0.4) is 0 Å². The van der Waals surface area contributed by atoms with Gasteiger partial charge in [-0.15, -0.1) is 0 Å². The van der Waals surface area contributed by atoms with Gasteiger partial charge in [-0.25, -0.2) is 13.4 Å². The van der Waals surface area contributed by atoms with Crippen LogP contribution in [0.5, 0.6) is 0 Å². The normalized spacial score (nSPS) is 11.8. The fourth-order valence-corrected chi connectivity index (χ4v) is 2.99. The summed E-state index contributed by atoms with van der Waals surface area (Å²) >= 11 is 0. The van der Waals surface area contributed by atoms with Crippen LogP contribution in [0.25, 0.3) is 11.0 Å². The second-order valence-electron chi connectivity index (χ2n) is 4.60. The third-order valence-corrected chi connectivity index (χ3v) is 3.99. The highest BCUT2D eigenvalue weighted by Gasteiger charge is 2.19. The first-order chi connectivity index (χ1) is 9.55. The smallest absolute Gasteiger partial charge is 0.228 e. The second-order valence-corrected chi connectivity index (χ2v) is 6.51. The molecule has 2 aromatic heterocycles. The fourth-order valence-electron chi connectivity index (χ4n) is 2.16. The van der Waals surface area contributed by atoms with Gasteiger partial charge in [0.2, 0.25) is 15.0 Å². The number of imidazole rings is 1. The number of aromatic nitrogens is 3. The van der Waals surface area contributed by atoms with E-state index in [0.717, 1.165) is 11.1 Å². The van der Waals surface area contributed by atoms with Gasteiger partial charge in [0.15, 0.2) is 0 Å². The van der Waals surface area contributed by atoms with Gasteiger partial charge in [0.05, 0.1) is 17.6 Å². The Morgan fingerprint density at radius 3 is 2.65 bits per heavy atom. The lowest BCUT2D eigenvalue weighted by Crippen LogP contribution is -2.10. The van der Waals surface area contributed by atoms with Gasteiger partial charge in [-0.3, -0.25) is 4.98 Å². The molecule has 0 aliphatic heterocycles. The Kier molecular flexibility index (Phi) is 3.02. The van der Waals surface area contributed by atoms with Gasteiger partial charge in [0.1, 0.15) is 0 Å². The highest BCUT2D eigenvalue weighted by Crippen LogP contribution is 2.20. The van der Waals surface area contributed by atoms with E-state index in [4.69, 9.17) is 0 Å². The number of rotatable bonds is 3. The van der Waals surface area contributed by atoms with Crippen LogP contribution in [0.2, 0.25) is 0 Å². The van der Waals surface area contributed by atoms with E-state index in [1.165, 1.54) is 6.26 Å². The van der Waals surface area contributed by atoms with Crippen LogP contribution in [0, 0.1) is 0 Å². The van der Waals surface area contributed by atoms with E-state index in [2.05, 4.69) is 9.97 Å². The van der Waals surface area contributed by atoms with Gasteiger partial charge >= 0.3 is 0 Å². The molecular weight excluding hydrogens is 274 g/mol. The molecule has 0 fully saturated rings. The van der Waals surface area contributed by atoms with Crippen molar-refractivity contribution in [2.75, 3.05) is 6.26 Å². The Bertz CT molecular complexity index is 855. The van der Waals surface area contributed by atoms with Crippen LogP contribution in [-0.2, 0) is 16.4 Å². The SMILES string of the molecule is CS(=O)(=O)c1nc2ccccc2n1Cc1cccnc1. The number of hydrogen-bond acceptors (Lipinski definition) is 4. The maximum absolute atomic E-state index is 11.9. The van der Waals surface area contributed by atoms with Crippen molar-refractivity contribution in [1.82, 2.24) is 14.5 Å². The molecule has 0 saturated heterocycles. The molecule has 5 nitrogen and oxygen atoms in total. The fraction of sp³-hybridized carbons (Fsp3) is 0.143. The molecule has 0 unspecified atom stereocenters. The summed E-state index contributed by atoms with van der Waals surface area (Å²) in [7, 11) is -3.38. The lowest BCUT2D eigenvalue weighted by Gasteiger charge is -2.07. The summed E-state index contributed by atoms with van der Waals surface area (Å²) in [5.41, 5.74) is 2.41. The van der Waals surface area contributed by atoms with Crippen molar-refractivity contribution in [2.24, 2.45) is 0 Å². The summed E-state index contributed by atoms with van der Waals surface area (Å²) in [6.07, 6.45) is 4.59. The average Bonchev–Trinajstić information content (AvgIpc) is 2.79. The molecule has 0 bridgehead atoms. The minimum atomic E-state index is -3.38. The van der Waals surface area contributed by atoms with Crippen molar-refractivity contribution >= 4 is 20.9 Å². The minimum Gasteiger partial charge on any atom is -0.310 e. The summed E-state index contributed by atoms with van der Waals surface area (Å²) in [6.45, 7) is 0.427. The third kappa shape index (κ3) is 2.30. The molecule has 2 heterocycles. The number of hydrogen-bond donors (Lipinski definition) is 0. The third-order valence-electron chi connectivity index (χ3n) is 3.01. The number of nitrogens with zero attached hydrogens (tertiary/aromatic N) is 3. The Labute approximate surface area is 116 Å². The Morgan fingerprint density at radius 1 is 1.15 bits per heavy atom. The topological polar surface area (TPSA) is 64.8 Å². The monoisotopic (exact) mass is 287 g/mol. The molecule has 0 N–H and O–H groups in total. The van der Waals surface area contributed by atoms with Crippen molar-refractivity contribution in [3.8, 4) is 0 Å². The minimum absolute atomic E-state index is 0.0857. The van der Waals surface area contributed by atoms with E-state index in [1.807, 2.05) is 36.4 Å². The second kappa shape index (κ2) is 4.72. The van der Waals surface area contributed by atoms with Gasteiger partial charge in [0.25, 0.3) is 0 Å². The van der Waals surface area contributed by atoms with E-state index in [-0.39, 0.29) is 5.16 Å². The van der Waals surface area contributed by atoms with Crippen molar-refractivity contribution in [2.45, 2.75) is 11.7 Å². The first-order valence-corrected chi connectivity index (χ1v) is 7.99. The maximum atomic E-state index is 11.9. The average molecular weight is 287 g/mol. The first kappa shape index (κ1) is 12.8. The molecule has 6 heteroatoms. The Hall–Kier alpha value is -2.21. The summed E-state index contributed by atoms with van der Waals surface area (Å²) in [5.74, 6) is 0. The molecular formula is C14H13N3O2S. The van der Waals surface area contributed by atoms with E-state index in [9.17, 15) is 8.42 Å². The van der Waals surface area contributed by atoms with Crippen molar-refractivity contribution in [3.05, 3.63) is 54.4 Å². The quantitative estimate of drug-likeness (QED) is 0.738. The molecule has 0 aliphatic carbocycles. The van der Waals surface area contributed by atoms with Crippen LogP contribution in [0.15, 0.2) is 53.9 Å². The molecule has 20 heavy (non-hydrogen) atoms. The van der Waals surface area contributed by atoms with Crippen LogP contribution in [-0.4, -0.2) is 29.2 Å². The van der Waals surface area contributed by atoms with Crippen LogP contribution in [0.4, 0.5) is 0 Å². The summed E-state index contributed by atoms with van der Waals surface area (Å²) in [5, 5.41) is 0.0857. The molecule has 0 spiro atoms. The van der Waals surface area contributed by atoms with Gasteiger partial charge in [0, 0.05) is 18.6 Å². The van der Waals surface area contributed by atoms with Gasteiger partial charge in [-0.2, -0.15) is 0 Å². The van der Waals surface area contributed by atoms with Gasteiger partial charge in [-0.05, 0) is 23.8 Å². The number of pyridine rings is 1. The molecule has 102 valence electrons. The predicted molar refractivity (Wildman–Crippen MR) is 76.2 cm³/mol. The number of benzene rings is 1. The molecule has 0 radical (unpaired) electrons. The Balaban J connectivity index is 2.22. The van der Waals surface area contributed by atoms with Crippen molar-refractivity contribution < 1.29 is 8.42 Å². The molecule has 0 amide bonds. The number of para-hydroxylation sites is 2. The lowest BCUT2D eigenvalue weighted by molar-refractivity contribution is 0.581. The molecule has 0 aliphatic rings. The van der Waals surface area contributed by atoms with Crippen molar-refractivity contribution in [1.29, 1.82) is 0 Å². The number of sulfone groups is 1. The van der Waals surface area contributed by atoms with E-state index >= 15 is 0 Å². The van der Waals surface area contributed by atoms with Gasteiger partial charge in [-0.1, -0.05) is 18.2 Å². The highest BCUT2D eigenvalue weighted by molar-refractivity contribution is 7.90. The number of fused-ring (bicyclic) bond motifs is 1. The van der Waals surface area contributed by atoms with Crippen LogP contribution >= 0.6 is 0 Å². The lowest BCUT2D eigenvalue weighted by atomic mass is 10.2. The predicted octanol–water partition coefficient (Wildman–Crippen LogP) is 1.88. The maximum Gasteiger partial charge on any atom is 0.228 e. The summed E-state index contributed by atoms with van der Waals surface area (Å²) < 4.78 is 25.5. The van der Waals surface area contributed by atoms with E-state index in [1.54, 1.807) is 17.0 Å². The van der Waals surface area contributed by atoms with Crippen LogP contribution in [0.1, 0.15) is 5.56 Å². The largest absolute Gasteiger partial charge is 0.310 e. The van der Waals surface area contributed by atoms with Gasteiger partial charge < -0.3 is 4.57 Å². The molecule has 0 atom stereocenters. The molecule has 3 aromatic rings. The Morgan fingerprint density at radius 2 is 1.95 bits per heavy atom. The molecule has 0 saturated carbocycles. The first-order valence-electron chi connectivity index (χ1n) is 6.10. The zero-order valence-electron chi connectivity index (χ0n) is 10.9. The zero-order valence-corrected chi connectivity index (χ0v) is 11.7. The van der Waals surface area contributed by atoms with Crippen molar-refractivity contribution in [3.63, 3.8) is 0 Å². The highest BCUT2D eigenvalue weighted by atomic mass is 32.2. The van der Waals surface area contributed by atoms with E-state index < -0.39 is 9.84 Å². The zero-order chi connectivity index (χ0) is 14.2. The summed E-state index contributed by atoms with van der Waals surface area (Å²) in [4.78, 5) is 8.29. The summed E-state index contributed by atoms with van der Waals surface area (Å²) in [6, 6.07) is 11.1. The van der Waals surface area contributed by atoms with Crippen LogP contribution < -0.4 is 0 Å². The van der Waals surface area contributed by atoms with E-state index in [0.29, 0.717) is 12.1 Å². The molecule has 3 rings (SSSR count). The standard InChI is InChI=1S/C14H13N3O2S/c1-20(18,19)14-16-12-6-2-3-7-13(12)17(14)10-11-5-4-8-15-9-11/h2-9H,10H2,1H3.